The monoisotopic (exact) mass is 217 g/mol. The molecular weight excluding hydrogens is 198 g/mol. The molecule has 0 aromatic heterocycles. The van der Waals surface area contributed by atoms with Crippen molar-refractivity contribution in [1.82, 2.24) is 4.90 Å². The summed E-state index contributed by atoms with van der Waals surface area (Å²) in [6, 6.07) is 0.333. The fourth-order valence-electron chi connectivity index (χ4n) is 2.23. The predicted molar refractivity (Wildman–Crippen MR) is 59.4 cm³/mol. The zero-order valence-electron chi connectivity index (χ0n) is 9.46. The number of hydrogen-bond donors (Lipinski definition) is 0. The second kappa shape index (κ2) is 4.52. The number of carbonyl (C=O) groups is 1. The predicted octanol–water partition coefficient (Wildman–Crippen LogP) is 2.51. The number of alkyl halides is 1. The zero-order valence-corrected chi connectivity index (χ0v) is 10.2. The molecule has 3 heteroatoms. The minimum atomic E-state index is -0.394. The van der Waals surface area contributed by atoms with E-state index in [9.17, 15) is 4.79 Å². The molecule has 0 saturated carbocycles. The molecule has 1 heterocycles. The van der Waals surface area contributed by atoms with Gasteiger partial charge in [-0.25, -0.2) is 0 Å². The average molecular weight is 218 g/mol. The lowest BCUT2D eigenvalue weighted by atomic mass is 9.86. The lowest BCUT2D eigenvalue weighted by molar-refractivity contribution is -0.136. The van der Waals surface area contributed by atoms with Gasteiger partial charge in [-0.15, -0.1) is 11.6 Å². The van der Waals surface area contributed by atoms with Gasteiger partial charge in [-0.1, -0.05) is 13.8 Å². The van der Waals surface area contributed by atoms with Gasteiger partial charge in [0.15, 0.2) is 0 Å². The first-order chi connectivity index (χ1) is 6.43. The van der Waals surface area contributed by atoms with Gasteiger partial charge in [0, 0.05) is 12.6 Å². The Balaban J connectivity index is 2.71. The smallest absolute Gasteiger partial charge is 0.240 e. The fourth-order valence-corrected chi connectivity index (χ4v) is 2.36. The number of hydrogen-bond acceptors (Lipinski definition) is 1. The van der Waals surface area contributed by atoms with E-state index in [4.69, 9.17) is 11.6 Å². The Kier molecular flexibility index (Phi) is 3.82. The summed E-state index contributed by atoms with van der Waals surface area (Å²) >= 11 is 5.83. The number of likely N-dealkylation sites (tertiary alicyclic amines) is 1. The highest BCUT2D eigenvalue weighted by atomic mass is 35.5. The van der Waals surface area contributed by atoms with E-state index in [1.54, 1.807) is 6.92 Å². The highest BCUT2D eigenvalue weighted by Gasteiger charge is 2.33. The van der Waals surface area contributed by atoms with Gasteiger partial charge in [0.05, 0.1) is 0 Å². The van der Waals surface area contributed by atoms with Gasteiger partial charge in [-0.05, 0) is 32.1 Å². The third-order valence-corrected chi connectivity index (χ3v) is 3.41. The third-order valence-electron chi connectivity index (χ3n) is 3.22. The topological polar surface area (TPSA) is 20.3 Å². The fraction of sp³-hybridized carbons (Fsp3) is 0.909. The maximum absolute atomic E-state index is 11.8. The number of halogens is 1. The van der Waals surface area contributed by atoms with Gasteiger partial charge < -0.3 is 4.90 Å². The van der Waals surface area contributed by atoms with Crippen molar-refractivity contribution >= 4 is 17.5 Å². The Labute approximate surface area is 91.6 Å². The molecule has 14 heavy (non-hydrogen) atoms. The zero-order chi connectivity index (χ0) is 10.9. The van der Waals surface area contributed by atoms with E-state index in [0.29, 0.717) is 17.9 Å². The normalized spacial score (nSPS) is 35.5. The SMILES string of the molecule is CC1CC(C)C(C)N(C(=O)C(C)Cl)C1. The van der Waals surface area contributed by atoms with E-state index >= 15 is 0 Å². The molecule has 1 amide bonds. The minimum absolute atomic E-state index is 0.0811. The van der Waals surface area contributed by atoms with Crippen LogP contribution >= 0.6 is 11.6 Å². The van der Waals surface area contributed by atoms with Crippen LogP contribution in [0.1, 0.15) is 34.1 Å². The molecule has 0 spiro atoms. The maximum atomic E-state index is 11.8. The average Bonchev–Trinajstić information content (AvgIpc) is 2.09. The standard InChI is InChI=1S/C11H20ClNO/c1-7-5-8(2)10(4)13(6-7)11(14)9(3)12/h7-10H,5-6H2,1-4H3. The van der Waals surface area contributed by atoms with E-state index in [-0.39, 0.29) is 5.91 Å². The molecule has 1 fully saturated rings. The molecule has 1 aliphatic heterocycles. The van der Waals surface area contributed by atoms with Crippen molar-refractivity contribution in [2.45, 2.75) is 45.5 Å². The van der Waals surface area contributed by atoms with Crippen LogP contribution in [0.3, 0.4) is 0 Å². The van der Waals surface area contributed by atoms with Crippen LogP contribution in [0.5, 0.6) is 0 Å². The van der Waals surface area contributed by atoms with Gasteiger partial charge in [0.2, 0.25) is 5.91 Å². The second-order valence-corrected chi connectivity index (χ2v) is 5.32. The first kappa shape index (κ1) is 11.8. The molecule has 1 rings (SSSR count). The molecule has 1 aliphatic rings. The highest BCUT2D eigenvalue weighted by Crippen LogP contribution is 2.27. The van der Waals surface area contributed by atoms with Crippen LogP contribution in [0.15, 0.2) is 0 Å². The van der Waals surface area contributed by atoms with Gasteiger partial charge in [-0.3, -0.25) is 4.79 Å². The van der Waals surface area contributed by atoms with Crippen molar-refractivity contribution in [3.8, 4) is 0 Å². The molecule has 0 aromatic rings. The van der Waals surface area contributed by atoms with E-state index < -0.39 is 5.38 Å². The van der Waals surface area contributed by atoms with Crippen LogP contribution < -0.4 is 0 Å². The van der Waals surface area contributed by atoms with Crippen molar-refractivity contribution in [2.75, 3.05) is 6.54 Å². The Hall–Kier alpha value is -0.240. The quantitative estimate of drug-likeness (QED) is 0.618. The molecule has 0 bridgehead atoms. The van der Waals surface area contributed by atoms with Crippen LogP contribution in [0, 0.1) is 11.8 Å². The third kappa shape index (κ3) is 2.41. The Morgan fingerprint density at radius 2 is 2.00 bits per heavy atom. The summed E-state index contributed by atoms with van der Waals surface area (Å²) in [6.45, 7) is 9.14. The van der Waals surface area contributed by atoms with Crippen LogP contribution in [-0.2, 0) is 4.79 Å². The molecular formula is C11H20ClNO. The second-order valence-electron chi connectivity index (χ2n) is 4.67. The molecule has 0 radical (unpaired) electrons. The van der Waals surface area contributed by atoms with E-state index in [1.807, 2.05) is 4.90 Å². The van der Waals surface area contributed by atoms with Crippen molar-refractivity contribution in [2.24, 2.45) is 11.8 Å². The first-order valence-corrected chi connectivity index (χ1v) is 5.81. The first-order valence-electron chi connectivity index (χ1n) is 5.38. The largest absolute Gasteiger partial charge is 0.338 e. The van der Waals surface area contributed by atoms with E-state index in [0.717, 1.165) is 6.54 Å². The van der Waals surface area contributed by atoms with Gasteiger partial charge >= 0.3 is 0 Å². The van der Waals surface area contributed by atoms with Gasteiger partial charge in [0.1, 0.15) is 5.38 Å². The lowest BCUT2D eigenvalue weighted by Gasteiger charge is -2.41. The summed E-state index contributed by atoms with van der Waals surface area (Å²) in [5.41, 5.74) is 0. The van der Waals surface area contributed by atoms with Crippen molar-refractivity contribution < 1.29 is 4.79 Å². The number of amides is 1. The van der Waals surface area contributed by atoms with Gasteiger partial charge in [-0.2, -0.15) is 0 Å². The van der Waals surface area contributed by atoms with Gasteiger partial charge in [0.25, 0.3) is 0 Å². The number of piperidine rings is 1. The van der Waals surface area contributed by atoms with Crippen LogP contribution in [-0.4, -0.2) is 28.8 Å². The Bertz CT molecular complexity index is 217. The molecule has 82 valence electrons. The molecule has 2 nitrogen and oxygen atoms in total. The van der Waals surface area contributed by atoms with Crippen LogP contribution in [0.25, 0.3) is 0 Å². The van der Waals surface area contributed by atoms with Crippen molar-refractivity contribution in [3.05, 3.63) is 0 Å². The summed E-state index contributed by atoms with van der Waals surface area (Å²) < 4.78 is 0. The summed E-state index contributed by atoms with van der Waals surface area (Å²) in [5, 5.41) is -0.394. The maximum Gasteiger partial charge on any atom is 0.240 e. The Morgan fingerprint density at radius 1 is 1.43 bits per heavy atom. The van der Waals surface area contributed by atoms with Crippen molar-refractivity contribution in [3.63, 3.8) is 0 Å². The lowest BCUT2D eigenvalue weighted by Crippen LogP contribution is -2.50. The summed E-state index contributed by atoms with van der Waals surface area (Å²) in [6.07, 6.45) is 1.21. The molecule has 1 saturated heterocycles. The minimum Gasteiger partial charge on any atom is -0.338 e. The summed E-state index contributed by atoms with van der Waals surface area (Å²) in [7, 11) is 0. The summed E-state index contributed by atoms with van der Waals surface area (Å²) in [5.74, 6) is 1.26. The summed E-state index contributed by atoms with van der Waals surface area (Å²) in [4.78, 5) is 13.7. The number of nitrogens with zero attached hydrogens (tertiary/aromatic N) is 1. The molecule has 4 unspecified atom stereocenters. The number of rotatable bonds is 1. The van der Waals surface area contributed by atoms with Crippen molar-refractivity contribution in [1.29, 1.82) is 0 Å². The molecule has 0 aromatic carbocycles. The van der Waals surface area contributed by atoms with E-state index in [2.05, 4.69) is 20.8 Å². The van der Waals surface area contributed by atoms with Crippen LogP contribution in [0.2, 0.25) is 0 Å². The molecule has 0 N–H and O–H groups in total. The number of carbonyl (C=O) groups excluding carboxylic acids is 1. The molecule has 4 atom stereocenters. The highest BCUT2D eigenvalue weighted by molar-refractivity contribution is 6.30. The van der Waals surface area contributed by atoms with E-state index in [1.165, 1.54) is 6.42 Å². The molecule has 0 aliphatic carbocycles. The van der Waals surface area contributed by atoms with Crippen LogP contribution in [0.4, 0.5) is 0 Å². The Morgan fingerprint density at radius 3 is 2.50 bits per heavy atom.